The molecule has 14 heavy (non-hydrogen) atoms. The molecule has 0 saturated heterocycles. The molecule has 5 heteroatoms. The van der Waals surface area contributed by atoms with E-state index in [1.807, 2.05) is 13.2 Å². The first kappa shape index (κ1) is 13.7. The standard InChI is InChI=1S/C9H20N2O2S/c1-6(8(5-12)14-4)11-9(13)7(2)10-3/h6-8,10,12H,5H2,1-4H3,(H,11,13). The van der Waals surface area contributed by atoms with Gasteiger partial charge in [0.1, 0.15) is 0 Å². The lowest BCUT2D eigenvalue weighted by molar-refractivity contribution is -0.123. The van der Waals surface area contributed by atoms with E-state index in [4.69, 9.17) is 5.11 Å². The maximum atomic E-state index is 11.5. The minimum Gasteiger partial charge on any atom is -0.395 e. The Morgan fingerprint density at radius 2 is 2.07 bits per heavy atom. The zero-order valence-corrected chi connectivity index (χ0v) is 10.0. The van der Waals surface area contributed by atoms with Crippen LogP contribution in [0.15, 0.2) is 0 Å². The lowest BCUT2D eigenvalue weighted by Gasteiger charge is -2.22. The molecular weight excluding hydrogens is 200 g/mol. The van der Waals surface area contributed by atoms with E-state index >= 15 is 0 Å². The largest absolute Gasteiger partial charge is 0.395 e. The quantitative estimate of drug-likeness (QED) is 0.581. The topological polar surface area (TPSA) is 61.4 Å². The third kappa shape index (κ3) is 4.30. The summed E-state index contributed by atoms with van der Waals surface area (Å²) in [6.07, 6.45) is 1.92. The molecule has 0 aliphatic carbocycles. The third-order valence-corrected chi connectivity index (χ3v) is 3.40. The van der Waals surface area contributed by atoms with Crippen molar-refractivity contribution in [2.75, 3.05) is 19.9 Å². The molecule has 3 N–H and O–H groups in total. The smallest absolute Gasteiger partial charge is 0.237 e. The molecule has 0 fully saturated rings. The van der Waals surface area contributed by atoms with Crippen molar-refractivity contribution < 1.29 is 9.90 Å². The molecular formula is C9H20N2O2S. The summed E-state index contributed by atoms with van der Waals surface area (Å²) < 4.78 is 0. The lowest BCUT2D eigenvalue weighted by Crippen LogP contribution is -2.48. The molecule has 0 rings (SSSR count). The number of aliphatic hydroxyl groups excluding tert-OH is 1. The number of likely N-dealkylation sites (N-methyl/N-ethyl adjacent to an activating group) is 1. The highest BCUT2D eigenvalue weighted by Crippen LogP contribution is 2.10. The fraction of sp³-hybridized carbons (Fsp3) is 0.889. The molecule has 0 aromatic heterocycles. The van der Waals surface area contributed by atoms with Crippen LogP contribution in [0.4, 0.5) is 0 Å². The molecule has 0 saturated carbocycles. The fourth-order valence-electron chi connectivity index (χ4n) is 1.01. The molecule has 0 aromatic rings. The number of nitrogens with one attached hydrogen (secondary N) is 2. The van der Waals surface area contributed by atoms with Gasteiger partial charge in [0.2, 0.25) is 5.91 Å². The highest BCUT2D eigenvalue weighted by Gasteiger charge is 2.19. The van der Waals surface area contributed by atoms with E-state index in [9.17, 15) is 4.79 Å². The molecule has 0 spiro atoms. The zero-order chi connectivity index (χ0) is 11.1. The number of carbonyl (C=O) groups excluding carboxylic acids is 1. The fourth-order valence-corrected chi connectivity index (χ4v) is 1.64. The van der Waals surface area contributed by atoms with E-state index in [0.717, 1.165) is 0 Å². The van der Waals surface area contributed by atoms with Crippen molar-refractivity contribution in [2.24, 2.45) is 0 Å². The van der Waals surface area contributed by atoms with Gasteiger partial charge in [0, 0.05) is 11.3 Å². The second-order valence-corrected chi connectivity index (χ2v) is 4.34. The predicted molar refractivity (Wildman–Crippen MR) is 60.5 cm³/mol. The summed E-state index contributed by atoms with van der Waals surface area (Å²) in [6.45, 7) is 3.78. The summed E-state index contributed by atoms with van der Waals surface area (Å²) in [4.78, 5) is 11.5. The second-order valence-electron chi connectivity index (χ2n) is 3.26. The van der Waals surface area contributed by atoms with Crippen molar-refractivity contribution in [1.82, 2.24) is 10.6 Å². The van der Waals surface area contributed by atoms with Crippen LogP contribution in [-0.2, 0) is 4.79 Å². The van der Waals surface area contributed by atoms with Gasteiger partial charge >= 0.3 is 0 Å². The van der Waals surface area contributed by atoms with Crippen LogP contribution in [0.25, 0.3) is 0 Å². The number of aliphatic hydroxyl groups is 1. The van der Waals surface area contributed by atoms with Crippen LogP contribution in [0.5, 0.6) is 0 Å². The lowest BCUT2D eigenvalue weighted by atomic mass is 10.2. The number of rotatable bonds is 6. The normalized spacial score (nSPS) is 17.2. The molecule has 0 aliphatic heterocycles. The van der Waals surface area contributed by atoms with Crippen molar-refractivity contribution in [3.8, 4) is 0 Å². The van der Waals surface area contributed by atoms with Crippen molar-refractivity contribution in [3.63, 3.8) is 0 Å². The first-order valence-corrected chi connectivity index (χ1v) is 5.96. The van der Waals surface area contributed by atoms with Gasteiger partial charge in [-0.05, 0) is 27.2 Å². The van der Waals surface area contributed by atoms with Crippen LogP contribution in [0.2, 0.25) is 0 Å². The number of thioether (sulfide) groups is 1. The van der Waals surface area contributed by atoms with Crippen LogP contribution < -0.4 is 10.6 Å². The SMILES string of the molecule is CNC(C)C(=O)NC(C)C(CO)SC. The molecule has 4 nitrogen and oxygen atoms in total. The molecule has 84 valence electrons. The Labute approximate surface area is 89.8 Å². The maximum absolute atomic E-state index is 11.5. The molecule has 0 aliphatic rings. The first-order chi connectivity index (χ1) is 6.56. The van der Waals surface area contributed by atoms with Crippen LogP contribution >= 0.6 is 11.8 Å². The minimum atomic E-state index is -0.196. The van der Waals surface area contributed by atoms with E-state index in [1.54, 1.807) is 25.7 Å². The first-order valence-electron chi connectivity index (χ1n) is 4.68. The highest BCUT2D eigenvalue weighted by atomic mass is 32.2. The Hall–Kier alpha value is -0.260. The molecule has 0 heterocycles. The molecule has 0 bridgehead atoms. The number of amides is 1. The van der Waals surface area contributed by atoms with E-state index < -0.39 is 0 Å². The average Bonchev–Trinajstić information content (AvgIpc) is 2.18. The summed E-state index contributed by atoms with van der Waals surface area (Å²) in [6, 6.07) is -0.211. The van der Waals surface area contributed by atoms with Gasteiger partial charge in [0.25, 0.3) is 0 Å². The Morgan fingerprint density at radius 1 is 1.50 bits per heavy atom. The Morgan fingerprint density at radius 3 is 2.43 bits per heavy atom. The second kappa shape index (κ2) is 7.09. The van der Waals surface area contributed by atoms with Gasteiger partial charge in [-0.3, -0.25) is 4.79 Å². The van der Waals surface area contributed by atoms with Gasteiger partial charge in [0.15, 0.2) is 0 Å². The summed E-state index contributed by atoms with van der Waals surface area (Å²) >= 11 is 1.55. The zero-order valence-electron chi connectivity index (χ0n) is 9.20. The van der Waals surface area contributed by atoms with Crippen molar-refractivity contribution in [2.45, 2.75) is 31.2 Å². The maximum Gasteiger partial charge on any atom is 0.237 e. The number of hydrogen-bond acceptors (Lipinski definition) is 4. The molecule has 1 amide bonds. The number of carbonyl (C=O) groups is 1. The summed E-state index contributed by atoms with van der Waals surface area (Å²) in [5.41, 5.74) is 0. The Kier molecular flexibility index (Phi) is 6.96. The summed E-state index contributed by atoms with van der Waals surface area (Å²) in [5.74, 6) is -0.0347. The summed E-state index contributed by atoms with van der Waals surface area (Å²) in [7, 11) is 1.74. The Bertz CT molecular complexity index is 174. The van der Waals surface area contributed by atoms with Gasteiger partial charge in [-0.25, -0.2) is 0 Å². The minimum absolute atomic E-state index is 0.0155. The van der Waals surface area contributed by atoms with Crippen LogP contribution in [-0.4, -0.2) is 48.3 Å². The predicted octanol–water partition coefficient (Wildman–Crippen LogP) is -0.177. The van der Waals surface area contributed by atoms with Gasteiger partial charge in [-0.1, -0.05) is 0 Å². The van der Waals surface area contributed by atoms with Gasteiger partial charge in [-0.2, -0.15) is 11.8 Å². The monoisotopic (exact) mass is 220 g/mol. The van der Waals surface area contributed by atoms with E-state index in [-0.39, 0.29) is 29.8 Å². The molecule has 3 atom stereocenters. The van der Waals surface area contributed by atoms with Gasteiger partial charge < -0.3 is 15.7 Å². The highest BCUT2D eigenvalue weighted by molar-refractivity contribution is 7.99. The van der Waals surface area contributed by atoms with Crippen LogP contribution in [0.1, 0.15) is 13.8 Å². The molecule has 3 unspecified atom stereocenters. The number of hydrogen-bond donors (Lipinski definition) is 3. The van der Waals surface area contributed by atoms with E-state index in [2.05, 4.69) is 10.6 Å². The van der Waals surface area contributed by atoms with E-state index in [0.29, 0.717) is 0 Å². The van der Waals surface area contributed by atoms with E-state index in [1.165, 1.54) is 0 Å². The Balaban J connectivity index is 4.03. The van der Waals surface area contributed by atoms with Crippen molar-refractivity contribution in [1.29, 1.82) is 0 Å². The molecule has 0 aromatic carbocycles. The van der Waals surface area contributed by atoms with Gasteiger partial charge in [0.05, 0.1) is 12.6 Å². The van der Waals surface area contributed by atoms with Crippen molar-refractivity contribution >= 4 is 17.7 Å². The molecule has 0 radical (unpaired) electrons. The van der Waals surface area contributed by atoms with Crippen molar-refractivity contribution in [3.05, 3.63) is 0 Å². The third-order valence-electron chi connectivity index (χ3n) is 2.24. The van der Waals surface area contributed by atoms with Crippen LogP contribution in [0, 0.1) is 0 Å². The van der Waals surface area contributed by atoms with Gasteiger partial charge in [-0.15, -0.1) is 0 Å². The average molecular weight is 220 g/mol. The van der Waals surface area contributed by atoms with Crippen LogP contribution in [0.3, 0.4) is 0 Å². The summed E-state index contributed by atoms with van der Waals surface area (Å²) in [5, 5.41) is 14.8.